The second kappa shape index (κ2) is 7.33. The van der Waals surface area contributed by atoms with E-state index in [4.69, 9.17) is 9.47 Å². The number of rotatable bonds is 4. The van der Waals surface area contributed by atoms with E-state index < -0.39 is 0 Å². The molecule has 0 aliphatic carbocycles. The molecule has 3 heterocycles. The van der Waals surface area contributed by atoms with Crippen molar-refractivity contribution in [1.82, 2.24) is 9.88 Å². The van der Waals surface area contributed by atoms with Crippen LogP contribution in [0.25, 0.3) is 10.9 Å². The Morgan fingerprint density at radius 1 is 1.35 bits per heavy atom. The van der Waals surface area contributed by atoms with Crippen LogP contribution in [0.1, 0.15) is 36.7 Å². The molecule has 2 aliphatic heterocycles. The molecule has 4 rings (SSSR count). The largest absolute Gasteiger partial charge is 0.381 e. The fourth-order valence-electron chi connectivity index (χ4n) is 4.33. The summed E-state index contributed by atoms with van der Waals surface area (Å²) in [7, 11) is 0. The first-order chi connectivity index (χ1) is 12.7. The van der Waals surface area contributed by atoms with E-state index >= 15 is 0 Å². The topological polar surface area (TPSA) is 51.7 Å². The number of para-hydroxylation sites is 1. The molecule has 138 valence electrons. The molecule has 5 nitrogen and oxygen atoms in total. The van der Waals surface area contributed by atoms with E-state index in [0.29, 0.717) is 32.0 Å². The quantitative estimate of drug-likeness (QED) is 0.845. The highest BCUT2D eigenvalue weighted by Gasteiger charge is 2.47. The Bertz CT molecular complexity index is 794. The third-order valence-electron chi connectivity index (χ3n) is 5.69. The number of pyridine rings is 1. The lowest BCUT2D eigenvalue weighted by atomic mass is 9.73. The van der Waals surface area contributed by atoms with Gasteiger partial charge < -0.3 is 14.4 Å². The summed E-state index contributed by atoms with van der Waals surface area (Å²) < 4.78 is 11.8. The summed E-state index contributed by atoms with van der Waals surface area (Å²) in [6.07, 6.45) is 3.13. The lowest BCUT2D eigenvalue weighted by Gasteiger charge is -2.50. The van der Waals surface area contributed by atoms with Crippen LogP contribution in [-0.4, -0.2) is 54.8 Å². The molecule has 2 fully saturated rings. The molecule has 0 bridgehead atoms. The third kappa shape index (κ3) is 3.21. The van der Waals surface area contributed by atoms with E-state index in [-0.39, 0.29) is 17.4 Å². The molecule has 1 aromatic heterocycles. The number of hydrogen-bond donors (Lipinski definition) is 0. The maximum Gasteiger partial charge on any atom is 0.272 e. The van der Waals surface area contributed by atoms with Gasteiger partial charge in [-0.2, -0.15) is 0 Å². The first-order valence-corrected chi connectivity index (χ1v) is 9.56. The maximum absolute atomic E-state index is 13.1. The number of piperidine rings is 1. The second-order valence-electron chi connectivity index (χ2n) is 7.37. The fraction of sp³-hybridized carbons (Fsp3) is 0.524. The number of hydrogen-bond acceptors (Lipinski definition) is 4. The number of carbonyl (C=O) groups excluding carboxylic acids is 1. The minimum Gasteiger partial charge on any atom is -0.381 e. The van der Waals surface area contributed by atoms with Gasteiger partial charge in [0.2, 0.25) is 0 Å². The number of likely N-dealkylation sites (tertiary alicyclic amines) is 1. The smallest absolute Gasteiger partial charge is 0.272 e. The van der Waals surface area contributed by atoms with Crippen LogP contribution in [0.4, 0.5) is 0 Å². The number of ether oxygens (including phenoxy) is 2. The molecule has 0 unspecified atom stereocenters. The Labute approximate surface area is 154 Å². The number of fused-ring (bicyclic) bond motifs is 2. The zero-order valence-electron chi connectivity index (χ0n) is 15.3. The van der Waals surface area contributed by atoms with Crippen molar-refractivity contribution < 1.29 is 14.3 Å². The minimum atomic E-state index is -0.0843. The Hall–Kier alpha value is -1.98. The predicted octanol–water partition coefficient (Wildman–Crippen LogP) is 3.28. The summed E-state index contributed by atoms with van der Waals surface area (Å²) in [4.78, 5) is 19.6. The van der Waals surface area contributed by atoms with Crippen molar-refractivity contribution in [2.24, 2.45) is 5.41 Å². The molecule has 2 aromatic rings. The van der Waals surface area contributed by atoms with Crippen molar-refractivity contribution in [3.8, 4) is 0 Å². The molecule has 2 saturated heterocycles. The third-order valence-corrected chi connectivity index (χ3v) is 5.69. The van der Waals surface area contributed by atoms with Gasteiger partial charge in [0.05, 0.1) is 18.2 Å². The number of benzene rings is 1. The van der Waals surface area contributed by atoms with Crippen LogP contribution in [0, 0.1) is 5.41 Å². The van der Waals surface area contributed by atoms with Crippen LogP contribution in [0.5, 0.6) is 0 Å². The Morgan fingerprint density at radius 2 is 2.23 bits per heavy atom. The fourth-order valence-corrected chi connectivity index (χ4v) is 4.33. The van der Waals surface area contributed by atoms with E-state index in [9.17, 15) is 4.79 Å². The number of aromatic nitrogens is 1. The summed E-state index contributed by atoms with van der Waals surface area (Å²) in [6, 6.07) is 11.7. The summed E-state index contributed by atoms with van der Waals surface area (Å²) >= 11 is 0. The lowest BCUT2D eigenvalue weighted by Crippen LogP contribution is -2.58. The monoisotopic (exact) mass is 354 g/mol. The van der Waals surface area contributed by atoms with Gasteiger partial charge in [-0.25, -0.2) is 4.98 Å². The summed E-state index contributed by atoms with van der Waals surface area (Å²) in [5, 5.41) is 1.05. The van der Waals surface area contributed by atoms with Gasteiger partial charge in [0, 0.05) is 37.1 Å². The second-order valence-corrected chi connectivity index (χ2v) is 7.37. The van der Waals surface area contributed by atoms with Gasteiger partial charge in [0.25, 0.3) is 5.91 Å². The number of nitrogens with zero attached hydrogens (tertiary/aromatic N) is 2. The van der Waals surface area contributed by atoms with Crippen molar-refractivity contribution in [2.75, 3.05) is 32.9 Å². The van der Waals surface area contributed by atoms with Crippen molar-refractivity contribution in [2.45, 2.75) is 32.3 Å². The summed E-state index contributed by atoms with van der Waals surface area (Å²) in [6.45, 7) is 5.58. The Balaban J connectivity index is 1.57. The average Bonchev–Trinajstić information content (AvgIpc) is 2.71. The Kier molecular flexibility index (Phi) is 4.92. The lowest BCUT2D eigenvalue weighted by molar-refractivity contribution is -0.146. The SMILES string of the molecule is CCOC[C@]12CCCO[C@H]1CCN(C(=O)c1ccc3ccccc3n1)C2. The van der Waals surface area contributed by atoms with Crippen LogP contribution in [-0.2, 0) is 9.47 Å². The molecule has 2 atom stereocenters. The van der Waals surface area contributed by atoms with Crippen molar-refractivity contribution in [1.29, 1.82) is 0 Å². The zero-order chi connectivity index (χ0) is 18.0. The molecule has 2 aliphatic rings. The van der Waals surface area contributed by atoms with Gasteiger partial charge in [0.1, 0.15) is 5.69 Å². The van der Waals surface area contributed by atoms with E-state index in [0.717, 1.165) is 36.8 Å². The summed E-state index contributed by atoms with van der Waals surface area (Å²) in [5.74, 6) is 0.00986. The molecular formula is C21H26N2O3. The maximum atomic E-state index is 13.1. The van der Waals surface area contributed by atoms with E-state index in [1.807, 2.05) is 48.2 Å². The number of carbonyl (C=O) groups is 1. The van der Waals surface area contributed by atoms with Gasteiger partial charge in [0.15, 0.2) is 0 Å². The van der Waals surface area contributed by atoms with Gasteiger partial charge in [-0.05, 0) is 38.3 Å². The van der Waals surface area contributed by atoms with E-state index in [2.05, 4.69) is 4.98 Å². The summed E-state index contributed by atoms with van der Waals surface area (Å²) in [5.41, 5.74) is 1.29. The molecule has 1 aromatic carbocycles. The van der Waals surface area contributed by atoms with E-state index in [1.165, 1.54) is 0 Å². The highest BCUT2D eigenvalue weighted by molar-refractivity contribution is 5.95. The number of amides is 1. The molecule has 5 heteroatoms. The predicted molar refractivity (Wildman–Crippen MR) is 100 cm³/mol. The first-order valence-electron chi connectivity index (χ1n) is 9.56. The first kappa shape index (κ1) is 17.4. The molecule has 0 spiro atoms. The van der Waals surface area contributed by atoms with Gasteiger partial charge in [-0.3, -0.25) is 4.79 Å². The minimum absolute atomic E-state index is 0.00986. The highest BCUT2D eigenvalue weighted by Crippen LogP contribution is 2.40. The van der Waals surface area contributed by atoms with Gasteiger partial charge in [-0.1, -0.05) is 24.3 Å². The van der Waals surface area contributed by atoms with Crippen LogP contribution < -0.4 is 0 Å². The average molecular weight is 354 g/mol. The standard InChI is InChI=1S/C21H26N2O3/c1-2-25-15-21-11-5-13-26-19(21)10-12-23(14-21)20(24)18-9-8-16-6-3-4-7-17(16)22-18/h3-4,6-9,19H,2,5,10-15H2,1H3/t19-,21+/m0/s1. The molecule has 0 radical (unpaired) electrons. The highest BCUT2D eigenvalue weighted by atomic mass is 16.5. The van der Waals surface area contributed by atoms with E-state index in [1.54, 1.807) is 0 Å². The van der Waals surface area contributed by atoms with Crippen molar-refractivity contribution >= 4 is 16.8 Å². The van der Waals surface area contributed by atoms with Gasteiger partial charge in [-0.15, -0.1) is 0 Å². The van der Waals surface area contributed by atoms with Crippen LogP contribution in [0.2, 0.25) is 0 Å². The molecule has 26 heavy (non-hydrogen) atoms. The van der Waals surface area contributed by atoms with Crippen LogP contribution >= 0.6 is 0 Å². The van der Waals surface area contributed by atoms with Crippen LogP contribution in [0.3, 0.4) is 0 Å². The molecule has 0 N–H and O–H groups in total. The normalized spacial score (nSPS) is 25.9. The van der Waals surface area contributed by atoms with Crippen molar-refractivity contribution in [3.63, 3.8) is 0 Å². The zero-order valence-corrected chi connectivity index (χ0v) is 15.3. The molecular weight excluding hydrogens is 328 g/mol. The van der Waals surface area contributed by atoms with Gasteiger partial charge >= 0.3 is 0 Å². The van der Waals surface area contributed by atoms with Crippen LogP contribution in [0.15, 0.2) is 36.4 Å². The molecule has 0 saturated carbocycles. The van der Waals surface area contributed by atoms with Crippen molar-refractivity contribution in [3.05, 3.63) is 42.1 Å². The Morgan fingerprint density at radius 3 is 3.12 bits per heavy atom. The molecule has 1 amide bonds.